The van der Waals surface area contributed by atoms with Crippen molar-refractivity contribution in [1.82, 2.24) is 5.32 Å². The van der Waals surface area contributed by atoms with Gasteiger partial charge in [0, 0.05) is 12.3 Å². The fourth-order valence-corrected chi connectivity index (χ4v) is 2.56. The highest BCUT2D eigenvalue weighted by Crippen LogP contribution is 2.24. The highest BCUT2D eigenvalue weighted by atomic mass is 19.1. The average molecular weight is 279 g/mol. The monoisotopic (exact) mass is 279 g/mol. The third-order valence-corrected chi connectivity index (χ3v) is 3.72. The number of carbonyl (C=O) groups is 2. The van der Waals surface area contributed by atoms with Gasteiger partial charge in [-0.3, -0.25) is 4.79 Å². The Morgan fingerprint density at radius 1 is 1.30 bits per heavy atom. The molecule has 1 atom stereocenters. The topological polar surface area (TPSA) is 66.4 Å². The molecule has 0 bridgehead atoms. The quantitative estimate of drug-likeness (QED) is 0.867. The molecule has 1 aromatic carbocycles. The van der Waals surface area contributed by atoms with E-state index in [9.17, 15) is 19.1 Å². The summed E-state index contributed by atoms with van der Waals surface area (Å²) in [5.41, 5.74) is 0.298. The number of rotatable bonds is 5. The fourth-order valence-electron chi connectivity index (χ4n) is 2.56. The molecule has 1 aromatic rings. The zero-order chi connectivity index (χ0) is 14.5. The van der Waals surface area contributed by atoms with Crippen molar-refractivity contribution < 1.29 is 19.1 Å². The molecule has 1 aliphatic carbocycles. The summed E-state index contributed by atoms with van der Waals surface area (Å²) in [6.07, 6.45) is 3.57. The lowest BCUT2D eigenvalue weighted by atomic mass is 10.0. The number of hydrogen-bond donors (Lipinski definition) is 2. The van der Waals surface area contributed by atoms with Gasteiger partial charge in [0.05, 0.1) is 0 Å². The predicted octanol–water partition coefficient (Wildman–Crippen LogP) is 2.13. The minimum atomic E-state index is -1.14. The molecule has 0 radical (unpaired) electrons. The fraction of sp³-hybridized carbons (Fsp3) is 0.467. The standard InChI is InChI=1S/C15H18FNO3/c16-12-8-4-3-7-11(12)9-13(15(19)20)17-14(18)10-5-1-2-6-10/h3-4,7-8,10,13H,1-2,5-6,9H2,(H,17,18)(H,19,20)/t13-/m1/s1. The minimum Gasteiger partial charge on any atom is -0.480 e. The summed E-state index contributed by atoms with van der Waals surface area (Å²) in [5.74, 6) is -1.92. The van der Waals surface area contributed by atoms with Crippen molar-refractivity contribution in [1.29, 1.82) is 0 Å². The first kappa shape index (κ1) is 14.5. The van der Waals surface area contributed by atoms with E-state index in [1.54, 1.807) is 12.1 Å². The molecule has 0 spiro atoms. The van der Waals surface area contributed by atoms with Crippen LogP contribution >= 0.6 is 0 Å². The van der Waals surface area contributed by atoms with Gasteiger partial charge in [0.15, 0.2) is 0 Å². The number of amides is 1. The number of halogens is 1. The molecule has 20 heavy (non-hydrogen) atoms. The molecule has 0 heterocycles. The smallest absolute Gasteiger partial charge is 0.326 e. The van der Waals surface area contributed by atoms with Crippen molar-refractivity contribution in [2.75, 3.05) is 0 Å². The molecule has 0 saturated heterocycles. The second-order valence-corrected chi connectivity index (χ2v) is 5.18. The number of aliphatic carboxylic acids is 1. The van der Waals surface area contributed by atoms with Crippen molar-refractivity contribution in [2.45, 2.75) is 38.1 Å². The van der Waals surface area contributed by atoms with Crippen LogP contribution in [0.3, 0.4) is 0 Å². The Morgan fingerprint density at radius 2 is 1.95 bits per heavy atom. The van der Waals surface area contributed by atoms with E-state index < -0.39 is 17.8 Å². The number of carboxylic acid groups (broad SMARTS) is 1. The summed E-state index contributed by atoms with van der Waals surface area (Å²) in [7, 11) is 0. The van der Waals surface area contributed by atoms with Crippen LogP contribution < -0.4 is 5.32 Å². The predicted molar refractivity (Wildman–Crippen MR) is 71.6 cm³/mol. The van der Waals surface area contributed by atoms with Gasteiger partial charge in [-0.25, -0.2) is 9.18 Å². The van der Waals surface area contributed by atoms with Crippen molar-refractivity contribution in [3.05, 3.63) is 35.6 Å². The molecule has 1 amide bonds. The van der Waals surface area contributed by atoms with Gasteiger partial charge >= 0.3 is 5.97 Å². The molecule has 0 unspecified atom stereocenters. The Kier molecular flexibility index (Phi) is 4.71. The first-order valence-corrected chi connectivity index (χ1v) is 6.84. The Bertz CT molecular complexity index is 498. The van der Waals surface area contributed by atoms with Gasteiger partial charge in [0.2, 0.25) is 5.91 Å². The highest BCUT2D eigenvalue weighted by Gasteiger charge is 2.27. The number of hydrogen-bond acceptors (Lipinski definition) is 2. The molecular formula is C15H18FNO3. The Balaban J connectivity index is 2.02. The number of nitrogens with one attached hydrogen (secondary N) is 1. The van der Waals surface area contributed by atoms with Crippen LogP contribution in [0.15, 0.2) is 24.3 Å². The van der Waals surface area contributed by atoms with Crippen LogP contribution in [0.25, 0.3) is 0 Å². The van der Waals surface area contributed by atoms with Crippen LogP contribution in [0, 0.1) is 11.7 Å². The van der Waals surface area contributed by atoms with Crippen LogP contribution in [-0.2, 0) is 16.0 Å². The zero-order valence-electron chi connectivity index (χ0n) is 11.1. The largest absolute Gasteiger partial charge is 0.480 e. The maximum atomic E-state index is 13.5. The Hall–Kier alpha value is -1.91. The second-order valence-electron chi connectivity index (χ2n) is 5.18. The van der Waals surface area contributed by atoms with E-state index in [1.807, 2.05) is 0 Å². The summed E-state index contributed by atoms with van der Waals surface area (Å²) in [6, 6.07) is 4.93. The van der Waals surface area contributed by atoms with E-state index in [4.69, 9.17) is 0 Å². The van der Waals surface area contributed by atoms with Crippen molar-refractivity contribution in [3.63, 3.8) is 0 Å². The van der Waals surface area contributed by atoms with E-state index in [2.05, 4.69) is 5.32 Å². The third kappa shape index (κ3) is 3.56. The van der Waals surface area contributed by atoms with Gasteiger partial charge in [-0.1, -0.05) is 31.0 Å². The summed E-state index contributed by atoms with van der Waals surface area (Å²) in [4.78, 5) is 23.2. The molecule has 2 N–H and O–H groups in total. The van der Waals surface area contributed by atoms with E-state index in [-0.39, 0.29) is 18.2 Å². The van der Waals surface area contributed by atoms with Crippen molar-refractivity contribution in [3.8, 4) is 0 Å². The first-order valence-electron chi connectivity index (χ1n) is 6.84. The van der Waals surface area contributed by atoms with Crippen LogP contribution in [0.2, 0.25) is 0 Å². The summed E-state index contributed by atoms with van der Waals surface area (Å²) >= 11 is 0. The molecule has 1 fully saturated rings. The molecule has 0 aliphatic heterocycles. The molecule has 1 saturated carbocycles. The number of carbonyl (C=O) groups excluding carboxylic acids is 1. The van der Waals surface area contributed by atoms with Crippen LogP contribution in [0.1, 0.15) is 31.2 Å². The summed E-state index contributed by atoms with van der Waals surface area (Å²) < 4.78 is 13.5. The summed E-state index contributed by atoms with van der Waals surface area (Å²) in [6.45, 7) is 0. The average Bonchev–Trinajstić information content (AvgIpc) is 2.94. The molecule has 2 rings (SSSR count). The highest BCUT2D eigenvalue weighted by molar-refractivity contribution is 5.85. The van der Waals surface area contributed by atoms with Crippen LogP contribution in [0.4, 0.5) is 4.39 Å². The van der Waals surface area contributed by atoms with Crippen molar-refractivity contribution in [2.24, 2.45) is 5.92 Å². The lowest BCUT2D eigenvalue weighted by Crippen LogP contribution is -2.44. The van der Waals surface area contributed by atoms with Crippen LogP contribution in [0.5, 0.6) is 0 Å². The SMILES string of the molecule is O=C(N[C@H](Cc1ccccc1F)C(=O)O)C1CCCC1. The molecular weight excluding hydrogens is 261 g/mol. The molecule has 4 nitrogen and oxygen atoms in total. The van der Waals surface area contributed by atoms with E-state index in [1.165, 1.54) is 12.1 Å². The van der Waals surface area contributed by atoms with Gasteiger partial charge in [-0.05, 0) is 24.5 Å². The Labute approximate surface area is 117 Å². The number of benzene rings is 1. The minimum absolute atomic E-state index is 0.0412. The van der Waals surface area contributed by atoms with E-state index in [0.29, 0.717) is 5.56 Å². The molecule has 1 aliphatic rings. The van der Waals surface area contributed by atoms with Crippen molar-refractivity contribution >= 4 is 11.9 Å². The maximum Gasteiger partial charge on any atom is 0.326 e. The lowest BCUT2D eigenvalue weighted by Gasteiger charge is -2.17. The Morgan fingerprint density at radius 3 is 2.55 bits per heavy atom. The van der Waals surface area contributed by atoms with Gasteiger partial charge in [0.1, 0.15) is 11.9 Å². The first-order chi connectivity index (χ1) is 9.58. The maximum absolute atomic E-state index is 13.5. The molecule has 5 heteroatoms. The van der Waals surface area contributed by atoms with Gasteiger partial charge in [-0.15, -0.1) is 0 Å². The van der Waals surface area contributed by atoms with Gasteiger partial charge in [-0.2, -0.15) is 0 Å². The number of carboxylic acids is 1. The summed E-state index contributed by atoms with van der Waals surface area (Å²) in [5, 5.41) is 11.7. The van der Waals surface area contributed by atoms with E-state index >= 15 is 0 Å². The third-order valence-electron chi connectivity index (χ3n) is 3.72. The zero-order valence-corrected chi connectivity index (χ0v) is 11.1. The van der Waals surface area contributed by atoms with Gasteiger partial charge < -0.3 is 10.4 Å². The van der Waals surface area contributed by atoms with E-state index in [0.717, 1.165) is 25.7 Å². The van der Waals surface area contributed by atoms with Gasteiger partial charge in [0.25, 0.3) is 0 Å². The lowest BCUT2D eigenvalue weighted by molar-refractivity contribution is -0.142. The molecule has 108 valence electrons. The second kappa shape index (κ2) is 6.50. The van der Waals surface area contributed by atoms with Crippen LogP contribution in [-0.4, -0.2) is 23.0 Å². The normalized spacial score (nSPS) is 16.9. The molecule has 0 aromatic heterocycles.